The Balaban J connectivity index is 1.35. The minimum Gasteiger partial charge on any atom is -0.449 e. The molecule has 1 amide bonds. The van der Waals surface area contributed by atoms with Crippen LogP contribution in [0.2, 0.25) is 0 Å². The van der Waals surface area contributed by atoms with Gasteiger partial charge in [0.25, 0.3) is 0 Å². The van der Waals surface area contributed by atoms with Crippen molar-refractivity contribution >= 4 is 12.2 Å². The summed E-state index contributed by atoms with van der Waals surface area (Å²) in [6.07, 6.45) is -8.67. The number of carbonyl (C=O) groups is 1. The molecule has 9 heteroatoms. The number of alkyl carbamates (subject to hydrolysis) is 1. The van der Waals surface area contributed by atoms with E-state index >= 15 is 0 Å². The van der Waals surface area contributed by atoms with Crippen LogP contribution >= 0.6 is 0 Å². The van der Waals surface area contributed by atoms with Crippen LogP contribution in [-0.2, 0) is 17.1 Å². The van der Waals surface area contributed by atoms with Crippen LogP contribution in [0.25, 0.3) is 17.2 Å². The number of hydrogen-bond acceptors (Lipinski definition) is 2. The third kappa shape index (κ3) is 5.40. The van der Waals surface area contributed by atoms with E-state index < -0.39 is 35.1 Å². The van der Waals surface area contributed by atoms with Gasteiger partial charge in [0.2, 0.25) is 0 Å². The summed E-state index contributed by atoms with van der Waals surface area (Å²) < 4.78 is 84.7. The molecule has 36 heavy (non-hydrogen) atoms. The lowest BCUT2D eigenvalue weighted by atomic mass is 9.98. The molecule has 0 saturated carbocycles. The molecule has 3 aromatic carbocycles. The van der Waals surface area contributed by atoms with Gasteiger partial charge >= 0.3 is 18.4 Å². The average Bonchev–Trinajstić information content (AvgIpc) is 3.15. The molecule has 4 rings (SSSR count). The third-order valence-electron chi connectivity index (χ3n) is 5.93. The van der Waals surface area contributed by atoms with E-state index in [1.54, 1.807) is 0 Å². The van der Waals surface area contributed by atoms with Crippen LogP contribution < -0.4 is 5.32 Å². The van der Waals surface area contributed by atoms with Gasteiger partial charge in [0.05, 0.1) is 11.1 Å². The van der Waals surface area contributed by atoms with Crippen molar-refractivity contribution in [3.8, 4) is 11.1 Å². The average molecular weight is 505 g/mol. The molecular formula is C27H21F6NO2. The van der Waals surface area contributed by atoms with E-state index in [-0.39, 0.29) is 25.5 Å². The number of ether oxygens (including phenoxy) is 1. The monoisotopic (exact) mass is 505 g/mol. The van der Waals surface area contributed by atoms with E-state index in [4.69, 9.17) is 4.74 Å². The highest BCUT2D eigenvalue weighted by Gasteiger charge is 2.39. The van der Waals surface area contributed by atoms with Gasteiger partial charge in [-0.1, -0.05) is 66.7 Å². The van der Waals surface area contributed by atoms with E-state index in [0.29, 0.717) is 12.1 Å². The van der Waals surface area contributed by atoms with E-state index in [0.717, 1.165) is 40.5 Å². The maximum Gasteiger partial charge on any atom is 0.417 e. The minimum absolute atomic E-state index is 0.00762. The van der Waals surface area contributed by atoms with Crippen molar-refractivity contribution in [3.63, 3.8) is 0 Å². The summed E-state index contributed by atoms with van der Waals surface area (Å²) >= 11 is 0. The van der Waals surface area contributed by atoms with E-state index in [1.807, 2.05) is 48.5 Å². The summed E-state index contributed by atoms with van der Waals surface area (Å²) in [5.74, 6) is -0.136. The number of benzene rings is 3. The first-order valence-electron chi connectivity index (χ1n) is 11.1. The second kappa shape index (κ2) is 10.1. The van der Waals surface area contributed by atoms with Gasteiger partial charge in [-0.05, 0) is 46.4 Å². The van der Waals surface area contributed by atoms with Crippen molar-refractivity contribution in [1.82, 2.24) is 5.32 Å². The van der Waals surface area contributed by atoms with Crippen LogP contribution in [0.1, 0.15) is 40.2 Å². The number of carbonyl (C=O) groups excluding carboxylic acids is 1. The fourth-order valence-corrected chi connectivity index (χ4v) is 4.35. The summed E-state index contributed by atoms with van der Waals surface area (Å²) in [5.41, 5.74) is 0.514. The Labute approximate surface area is 203 Å². The van der Waals surface area contributed by atoms with Gasteiger partial charge in [-0.3, -0.25) is 0 Å². The van der Waals surface area contributed by atoms with Gasteiger partial charge in [-0.25, -0.2) is 4.79 Å². The SMILES string of the molecule is O=C(NCCC=Cc1c(C(F)(F)F)cccc1C(F)(F)F)OCC1c2ccccc2-c2ccccc21. The standard InChI is InChI=1S/C27H21F6NO2/c28-26(29,30)23-13-7-14-24(27(31,32)33)21(23)12-5-6-15-34-25(35)36-16-22-19-10-3-1-8-17(19)18-9-2-4-11-20(18)22/h1-5,7-14,22H,6,15-16H2,(H,34,35). The van der Waals surface area contributed by atoms with Crippen molar-refractivity contribution in [2.75, 3.05) is 13.2 Å². The molecule has 3 aromatic rings. The smallest absolute Gasteiger partial charge is 0.417 e. The highest BCUT2D eigenvalue weighted by atomic mass is 19.4. The molecule has 0 heterocycles. The Morgan fingerprint density at radius 1 is 0.806 bits per heavy atom. The Bertz CT molecular complexity index is 1200. The molecule has 0 bridgehead atoms. The normalized spacial score (nSPS) is 13.5. The predicted molar refractivity (Wildman–Crippen MR) is 123 cm³/mol. The van der Waals surface area contributed by atoms with Crippen molar-refractivity contribution in [1.29, 1.82) is 0 Å². The lowest BCUT2D eigenvalue weighted by molar-refractivity contribution is -0.143. The fourth-order valence-electron chi connectivity index (χ4n) is 4.35. The predicted octanol–water partition coefficient (Wildman–Crippen LogP) is 7.67. The summed E-state index contributed by atoms with van der Waals surface area (Å²) in [7, 11) is 0. The van der Waals surface area contributed by atoms with E-state index in [2.05, 4.69) is 5.32 Å². The van der Waals surface area contributed by atoms with Crippen molar-refractivity contribution in [2.24, 2.45) is 0 Å². The van der Waals surface area contributed by atoms with Crippen molar-refractivity contribution < 1.29 is 35.9 Å². The number of hydrogen-bond donors (Lipinski definition) is 1. The Kier molecular flexibility index (Phi) is 7.10. The van der Waals surface area contributed by atoms with Crippen LogP contribution in [0.5, 0.6) is 0 Å². The topological polar surface area (TPSA) is 38.3 Å². The molecule has 3 nitrogen and oxygen atoms in total. The maximum atomic E-state index is 13.2. The molecule has 1 aliphatic rings. The zero-order valence-electron chi connectivity index (χ0n) is 18.8. The first kappa shape index (κ1) is 25.3. The van der Waals surface area contributed by atoms with E-state index in [1.165, 1.54) is 0 Å². The van der Waals surface area contributed by atoms with E-state index in [9.17, 15) is 31.1 Å². The first-order valence-corrected chi connectivity index (χ1v) is 11.1. The Hall–Kier alpha value is -3.75. The molecule has 1 N–H and O–H groups in total. The van der Waals surface area contributed by atoms with Gasteiger partial charge in [-0.2, -0.15) is 26.3 Å². The Morgan fingerprint density at radius 2 is 1.33 bits per heavy atom. The molecule has 188 valence electrons. The zero-order chi connectivity index (χ0) is 25.9. The molecule has 0 saturated heterocycles. The Morgan fingerprint density at radius 3 is 1.86 bits per heavy atom. The van der Waals surface area contributed by atoms with Crippen LogP contribution in [0.4, 0.5) is 31.1 Å². The van der Waals surface area contributed by atoms with Crippen LogP contribution in [0.15, 0.2) is 72.8 Å². The number of fused-ring (bicyclic) bond motifs is 3. The summed E-state index contributed by atoms with van der Waals surface area (Å²) in [6.45, 7) is 0.0618. The van der Waals surface area contributed by atoms with Gasteiger partial charge in [0.15, 0.2) is 0 Å². The minimum atomic E-state index is -4.94. The zero-order valence-corrected chi connectivity index (χ0v) is 18.8. The molecule has 0 atom stereocenters. The van der Waals surface area contributed by atoms with Gasteiger partial charge in [0, 0.05) is 12.5 Å². The maximum absolute atomic E-state index is 13.2. The fraction of sp³-hybridized carbons (Fsp3) is 0.222. The second-order valence-corrected chi connectivity index (χ2v) is 8.21. The molecule has 0 fully saturated rings. The van der Waals surface area contributed by atoms with Gasteiger partial charge in [-0.15, -0.1) is 0 Å². The van der Waals surface area contributed by atoms with Crippen LogP contribution in [0.3, 0.4) is 0 Å². The third-order valence-corrected chi connectivity index (χ3v) is 5.93. The molecule has 1 aliphatic carbocycles. The first-order chi connectivity index (χ1) is 17.1. The van der Waals surface area contributed by atoms with Crippen LogP contribution in [0, 0.1) is 0 Å². The molecule has 0 unspecified atom stereocenters. The van der Waals surface area contributed by atoms with Crippen molar-refractivity contribution in [3.05, 3.63) is 101 Å². The largest absolute Gasteiger partial charge is 0.449 e. The molecule has 0 aromatic heterocycles. The molecule has 0 aliphatic heterocycles. The number of alkyl halides is 6. The summed E-state index contributed by atoms with van der Waals surface area (Å²) in [6, 6.07) is 17.6. The highest BCUT2D eigenvalue weighted by molar-refractivity contribution is 5.79. The molecule has 0 spiro atoms. The lowest BCUT2D eigenvalue weighted by Crippen LogP contribution is -2.26. The van der Waals surface area contributed by atoms with Crippen LogP contribution in [-0.4, -0.2) is 19.2 Å². The molecular weight excluding hydrogens is 484 g/mol. The number of rotatable bonds is 6. The molecule has 0 radical (unpaired) electrons. The lowest BCUT2D eigenvalue weighted by Gasteiger charge is -2.16. The summed E-state index contributed by atoms with van der Waals surface area (Å²) in [4.78, 5) is 12.2. The highest BCUT2D eigenvalue weighted by Crippen LogP contribution is 2.44. The number of amides is 1. The van der Waals surface area contributed by atoms with Crippen molar-refractivity contribution in [2.45, 2.75) is 24.7 Å². The number of halogens is 6. The summed E-state index contributed by atoms with van der Waals surface area (Å²) in [5, 5.41) is 2.47. The van der Waals surface area contributed by atoms with Gasteiger partial charge < -0.3 is 10.1 Å². The van der Waals surface area contributed by atoms with Gasteiger partial charge in [0.1, 0.15) is 6.61 Å². The number of nitrogens with one attached hydrogen (secondary N) is 1. The quantitative estimate of drug-likeness (QED) is 0.276. The second-order valence-electron chi connectivity index (χ2n) is 8.21.